The number of ether oxygens (including phenoxy) is 3. The van der Waals surface area contributed by atoms with Gasteiger partial charge in [-0.15, -0.1) is 0 Å². The Kier molecular flexibility index (Phi) is 5.96. The van der Waals surface area contributed by atoms with Crippen molar-refractivity contribution in [1.82, 2.24) is 0 Å². The Morgan fingerprint density at radius 3 is 2.10 bits per heavy atom. The van der Waals surface area contributed by atoms with Crippen LogP contribution in [0.5, 0.6) is 0 Å². The van der Waals surface area contributed by atoms with E-state index in [9.17, 15) is 9.59 Å². The molecule has 3 N–H and O–H groups in total. The number of hydrogen-bond donors (Lipinski definition) is 2. The van der Waals surface area contributed by atoms with Crippen LogP contribution in [0.2, 0.25) is 0 Å². The van der Waals surface area contributed by atoms with Gasteiger partial charge >= 0.3 is 11.9 Å². The van der Waals surface area contributed by atoms with Gasteiger partial charge in [-0.1, -0.05) is 12.8 Å². The molecule has 21 heavy (non-hydrogen) atoms. The van der Waals surface area contributed by atoms with Gasteiger partial charge in [0.1, 0.15) is 12.7 Å². The lowest BCUT2D eigenvalue weighted by atomic mass is 9.79. The van der Waals surface area contributed by atoms with Crippen LogP contribution in [0, 0.1) is 11.8 Å². The number of nitrogens with two attached hydrogens (primary N) is 1. The predicted molar refractivity (Wildman–Crippen MR) is 72.6 cm³/mol. The van der Waals surface area contributed by atoms with Crippen LogP contribution in [-0.2, 0) is 23.8 Å². The SMILES string of the molecule is NCC1CO1.O=C(O)C1CCCCC1C(=O)OCC1CO1. The molecule has 4 atom stereocenters. The van der Waals surface area contributed by atoms with Gasteiger partial charge in [-0.3, -0.25) is 9.59 Å². The number of epoxide rings is 2. The van der Waals surface area contributed by atoms with E-state index in [1.807, 2.05) is 0 Å². The zero-order chi connectivity index (χ0) is 15.2. The fourth-order valence-electron chi connectivity index (χ4n) is 2.36. The summed E-state index contributed by atoms with van der Waals surface area (Å²) in [5.41, 5.74) is 5.11. The number of carboxylic acid groups (broad SMARTS) is 1. The van der Waals surface area contributed by atoms with Crippen molar-refractivity contribution in [2.45, 2.75) is 37.9 Å². The lowest BCUT2D eigenvalue weighted by molar-refractivity contribution is -0.160. The molecule has 2 heterocycles. The summed E-state index contributed by atoms with van der Waals surface area (Å²) in [5, 5.41) is 9.01. The molecular weight excluding hydrogens is 278 g/mol. The minimum Gasteiger partial charge on any atom is -0.481 e. The normalized spacial score (nSPS) is 33.4. The van der Waals surface area contributed by atoms with E-state index in [1.165, 1.54) is 0 Å². The van der Waals surface area contributed by atoms with Crippen LogP contribution in [0.25, 0.3) is 0 Å². The van der Waals surface area contributed by atoms with E-state index in [0.29, 0.717) is 32.1 Å². The molecule has 1 saturated carbocycles. The molecule has 0 bridgehead atoms. The van der Waals surface area contributed by atoms with Gasteiger partial charge in [0.05, 0.1) is 31.2 Å². The first-order valence-corrected chi connectivity index (χ1v) is 7.44. The second kappa shape index (κ2) is 7.72. The van der Waals surface area contributed by atoms with Gasteiger partial charge in [-0.25, -0.2) is 0 Å². The molecule has 0 aromatic heterocycles. The topological polar surface area (TPSA) is 115 Å². The molecule has 0 spiro atoms. The fourth-order valence-corrected chi connectivity index (χ4v) is 2.36. The number of carbonyl (C=O) groups excluding carboxylic acids is 1. The second-order valence-corrected chi connectivity index (χ2v) is 5.61. The van der Waals surface area contributed by atoms with Crippen LogP contribution in [0.4, 0.5) is 0 Å². The Balaban J connectivity index is 0.000000272. The molecule has 3 fully saturated rings. The van der Waals surface area contributed by atoms with E-state index in [1.54, 1.807) is 0 Å². The van der Waals surface area contributed by atoms with Crippen LogP contribution in [-0.4, -0.2) is 55.6 Å². The largest absolute Gasteiger partial charge is 0.481 e. The maximum atomic E-state index is 11.7. The standard InChI is InChI=1S/C11H16O5.C3H7NO/c12-10(13)8-3-1-2-4-9(8)11(14)16-6-7-5-15-7;4-1-3-2-5-3/h7-9H,1-6H2,(H,12,13);3H,1-2,4H2. The summed E-state index contributed by atoms with van der Waals surface area (Å²) in [6, 6.07) is 0. The Morgan fingerprint density at radius 1 is 1.10 bits per heavy atom. The molecular formula is C14H23NO6. The van der Waals surface area contributed by atoms with Crippen molar-refractivity contribution >= 4 is 11.9 Å². The molecule has 4 unspecified atom stereocenters. The number of rotatable bonds is 5. The highest BCUT2D eigenvalue weighted by Crippen LogP contribution is 2.31. The van der Waals surface area contributed by atoms with Gasteiger partial charge < -0.3 is 25.1 Å². The zero-order valence-corrected chi connectivity index (χ0v) is 12.0. The molecule has 0 radical (unpaired) electrons. The third-order valence-corrected chi connectivity index (χ3v) is 3.87. The van der Waals surface area contributed by atoms with Crippen LogP contribution in [0.1, 0.15) is 25.7 Å². The van der Waals surface area contributed by atoms with Crippen molar-refractivity contribution < 1.29 is 28.9 Å². The van der Waals surface area contributed by atoms with Gasteiger partial charge in [-0.05, 0) is 12.8 Å². The molecule has 7 heteroatoms. The molecule has 120 valence electrons. The van der Waals surface area contributed by atoms with Crippen molar-refractivity contribution in [3.63, 3.8) is 0 Å². The average Bonchev–Trinajstić information content (AvgIpc) is 3.39. The summed E-state index contributed by atoms with van der Waals surface area (Å²) in [6.07, 6.45) is 3.44. The van der Waals surface area contributed by atoms with E-state index in [4.69, 9.17) is 25.1 Å². The van der Waals surface area contributed by atoms with Gasteiger partial charge in [0, 0.05) is 6.54 Å². The minimum atomic E-state index is -0.885. The summed E-state index contributed by atoms with van der Waals surface area (Å²) >= 11 is 0. The molecule has 7 nitrogen and oxygen atoms in total. The first-order chi connectivity index (χ1) is 10.1. The number of hydrogen-bond acceptors (Lipinski definition) is 6. The predicted octanol–water partition coefficient (Wildman–Crippen LogP) is 0.163. The summed E-state index contributed by atoms with van der Waals surface area (Å²) < 4.78 is 14.7. The van der Waals surface area contributed by atoms with Gasteiger partial charge in [0.25, 0.3) is 0 Å². The number of carboxylic acids is 1. The van der Waals surface area contributed by atoms with E-state index >= 15 is 0 Å². The van der Waals surface area contributed by atoms with E-state index in [0.717, 1.165) is 19.4 Å². The van der Waals surface area contributed by atoms with Crippen molar-refractivity contribution in [3.05, 3.63) is 0 Å². The van der Waals surface area contributed by atoms with Crippen LogP contribution in [0.15, 0.2) is 0 Å². The maximum Gasteiger partial charge on any atom is 0.309 e. The van der Waals surface area contributed by atoms with Gasteiger partial charge in [0.15, 0.2) is 0 Å². The van der Waals surface area contributed by atoms with E-state index in [2.05, 4.69) is 0 Å². The summed E-state index contributed by atoms with van der Waals surface area (Å²) in [5.74, 6) is -2.29. The van der Waals surface area contributed by atoms with E-state index < -0.39 is 17.8 Å². The first-order valence-electron chi connectivity index (χ1n) is 7.44. The van der Waals surface area contributed by atoms with Crippen molar-refractivity contribution in [1.29, 1.82) is 0 Å². The number of esters is 1. The Labute approximate surface area is 123 Å². The van der Waals surface area contributed by atoms with Crippen LogP contribution >= 0.6 is 0 Å². The molecule has 2 aliphatic heterocycles. The molecule has 0 aromatic carbocycles. The molecule has 0 amide bonds. The summed E-state index contributed by atoms with van der Waals surface area (Å²) in [6.45, 7) is 2.48. The monoisotopic (exact) mass is 301 g/mol. The fraction of sp³-hybridized carbons (Fsp3) is 0.857. The Bertz CT molecular complexity index is 366. The highest BCUT2D eigenvalue weighted by Gasteiger charge is 2.37. The van der Waals surface area contributed by atoms with Crippen molar-refractivity contribution in [3.8, 4) is 0 Å². The Hall–Kier alpha value is -1.18. The van der Waals surface area contributed by atoms with Crippen molar-refractivity contribution in [2.24, 2.45) is 17.6 Å². The minimum absolute atomic E-state index is 0.0378. The maximum absolute atomic E-state index is 11.7. The molecule has 3 aliphatic rings. The third kappa shape index (κ3) is 5.61. The van der Waals surface area contributed by atoms with Gasteiger partial charge in [0.2, 0.25) is 0 Å². The Morgan fingerprint density at radius 2 is 1.67 bits per heavy atom. The average molecular weight is 301 g/mol. The van der Waals surface area contributed by atoms with Gasteiger partial charge in [-0.2, -0.15) is 0 Å². The van der Waals surface area contributed by atoms with Crippen LogP contribution < -0.4 is 5.73 Å². The number of carbonyl (C=O) groups is 2. The second-order valence-electron chi connectivity index (χ2n) is 5.61. The molecule has 3 rings (SSSR count). The smallest absolute Gasteiger partial charge is 0.309 e. The lowest BCUT2D eigenvalue weighted by Crippen LogP contribution is -2.34. The lowest BCUT2D eigenvalue weighted by Gasteiger charge is -2.26. The molecule has 1 aliphatic carbocycles. The number of aliphatic carboxylic acids is 1. The molecule has 2 saturated heterocycles. The van der Waals surface area contributed by atoms with E-state index in [-0.39, 0.29) is 18.7 Å². The zero-order valence-electron chi connectivity index (χ0n) is 12.0. The first kappa shape index (κ1) is 16.2. The highest BCUT2D eigenvalue weighted by molar-refractivity contribution is 5.81. The quantitative estimate of drug-likeness (QED) is 0.549. The third-order valence-electron chi connectivity index (χ3n) is 3.87. The summed E-state index contributed by atoms with van der Waals surface area (Å²) in [4.78, 5) is 22.7. The summed E-state index contributed by atoms with van der Waals surface area (Å²) in [7, 11) is 0. The van der Waals surface area contributed by atoms with Crippen LogP contribution in [0.3, 0.4) is 0 Å². The molecule has 0 aromatic rings. The van der Waals surface area contributed by atoms with Crippen molar-refractivity contribution in [2.75, 3.05) is 26.4 Å². The highest BCUT2D eigenvalue weighted by atomic mass is 16.6.